The molecule has 3 nitrogen and oxygen atoms in total. The van der Waals surface area contributed by atoms with Gasteiger partial charge < -0.3 is 5.32 Å². The maximum atomic E-state index is 3.57. The van der Waals surface area contributed by atoms with Gasteiger partial charge in [0, 0.05) is 44.8 Å². The molecule has 1 atom stereocenters. The molecule has 1 aliphatic heterocycles. The van der Waals surface area contributed by atoms with E-state index in [2.05, 4.69) is 29.0 Å². The minimum Gasteiger partial charge on any atom is -0.313 e. The van der Waals surface area contributed by atoms with Crippen molar-refractivity contribution in [2.24, 2.45) is 0 Å². The van der Waals surface area contributed by atoms with Gasteiger partial charge in [0.2, 0.25) is 0 Å². The summed E-state index contributed by atoms with van der Waals surface area (Å²) in [5, 5.41) is 3.57. The highest BCUT2D eigenvalue weighted by Gasteiger charge is 2.31. The average molecular weight is 225 g/mol. The van der Waals surface area contributed by atoms with Gasteiger partial charge in [-0.3, -0.25) is 9.80 Å². The fraction of sp³-hybridized carbons (Fsp3) is 1.00. The van der Waals surface area contributed by atoms with Crippen LogP contribution in [0.1, 0.15) is 33.1 Å². The van der Waals surface area contributed by atoms with E-state index in [0.717, 1.165) is 12.6 Å². The van der Waals surface area contributed by atoms with Crippen LogP contribution in [0.2, 0.25) is 0 Å². The average Bonchev–Trinajstić information content (AvgIpc) is 3.13. The number of nitrogens with one attached hydrogen (secondary N) is 1. The molecule has 1 aliphatic carbocycles. The van der Waals surface area contributed by atoms with Gasteiger partial charge in [-0.15, -0.1) is 0 Å². The molecular formula is C13H27N3. The standard InChI is InChI=1S/C13H27N3/c1-3-12(14-4-2)11-15-7-9-16(10-8-15)13-5-6-13/h12-14H,3-11H2,1-2H3. The number of likely N-dealkylation sites (N-methyl/N-ethyl adjacent to an activating group) is 1. The SMILES string of the molecule is CCNC(CC)CN1CCN(C2CC2)CC1. The predicted molar refractivity (Wildman–Crippen MR) is 68.8 cm³/mol. The monoisotopic (exact) mass is 225 g/mol. The Morgan fingerprint density at radius 3 is 2.31 bits per heavy atom. The van der Waals surface area contributed by atoms with E-state index in [1.807, 2.05) is 0 Å². The van der Waals surface area contributed by atoms with Crippen molar-refractivity contribution in [1.29, 1.82) is 0 Å². The summed E-state index contributed by atoms with van der Waals surface area (Å²) in [6.07, 6.45) is 4.15. The van der Waals surface area contributed by atoms with Crippen molar-refractivity contribution in [1.82, 2.24) is 15.1 Å². The van der Waals surface area contributed by atoms with Crippen molar-refractivity contribution in [3.05, 3.63) is 0 Å². The maximum absolute atomic E-state index is 3.57. The van der Waals surface area contributed by atoms with Crippen LogP contribution in [-0.4, -0.2) is 61.2 Å². The summed E-state index contributed by atoms with van der Waals surface area (Å²) in [6, 6.07) is 1.65. The highest BCUT2D eigenvalue weighted by atomic mass is 15.3. The summed E-state index contributed by atoms with van der Waals surface area (Å²) in [7, 11) is 0. The van der Waals surface area contributed by atoms with Gasteiger partial charge in [-0.1, -0.05) is 13.8 Å². The zero-order valence-electron chi connectivity index (χ0n) is 10.9. The van der Waals surface area contributed by atoms with Crippen LogP contribution in [0, 0.1) is 0 Å². The molecule has 2 rings (SSSR count). The first-order chi connectivity index (χ1) is 7.83. The van der Waals surface area contributed by atoms with E-state index in [4.69, 9.17) is 0 Å². The Morgan fingerprint density at radius 2 is 1.81 bits per heavy atom. The number of nitrogens with zero attached hydrogens (tertiary/aromatic N) is 2. The van der Waals surface area contributed by atoms with E-state index in [9.17, 15) is 0 Å². The zero-order valence-corrected chi connectivity index (χ0v) is 10.9. The highest BCUT2D eigenvalue weighted by molar-refractivity contribution is 4.88. The second-order valence-electron chi connectivity index (χ2n) is 5.23. The normalized spacial score (nSPS) is 25.9. The Balaban J connectivity index is 1.67. The molecule has 1 saturated heterocycles. The summed E-state index contributed by atoms with van der Waals surface area (Å²) in [5.74, 6) is 0. The van der Waals surface area contributed by atoms with Gasteiger partial charge >= 0.3 is 0 Å². The van der Waals surface area contributed by atoms with E-state index in [1.165, 1.54) is 52.0 Å². The molecule has 0 bridgehead atoms. The molecule has 16 heavy (non-hydrogen) atoms. The molecule has 1 heterocycles. The van der Waals surface area contributed by atoms with E-state index in [1.54, 1.807) is 0 Å². The lowest BCUT2D eigenvalue weighted by Crippen LogP contribution is -2.51. The molecule has 0 aromatic heterocycles. The Kier molecular flexibility index (Phi) is 4.62. The lowest BCUT2D eigenvalue weighted by atomic mass is 10.2. The lowest BCUT2D eigenvalue weighted by molar-refractivity contribution is 0.117. The second kappa shape index (κ2) is 5.99. The van der Waals surface area contributed by atoms with Crippen LogP contribution in [0.5, 0.6) is 0 Å². The number of rotatable bonds is 6. The first-order valence-electron chi connectivity index (χ1n) is 7.03. The predicted octanol–water partition coefficient (Wildman–Crippen LogP) is 1.15. The number of hydrogen-bond acceptors (Lipinski definition) is 3. The van der Waals surface area contributed by atoms with Gasteiger partial charge in [-0.25, -0.2) is 0 Å². The zero-order chi connectivity index (χ0) is 11.4. The molecule has 1 unspecified atom stereocenters. The topological polar surface area (TPSA) is 18.5 Å². The van der Waals surface area contributed by atoms with Crippen LogP contribution in [-0.2, 0) is 0 Å². The van der Waals surface area contributed by atoms with Gasteiger partial charge in [0.15, 0.2) is 0 Å². The summed E-state index contributed by atoms with van der Waals surface area (Å²) < 4.78 is 0. The summed E-state index contributed by atoms with van der Waals surface area (Å²) in [5.41, 5.74) is 0. The van der Waals surface area contributed by atoms with Crippen molar-refractivity contribution < 1.29 is 0 Å². The molecule has 0 spiro atoms. The minimum absolute atomic E-state index is 0.692. The molecule has 2 fully saturated rings. The first kappa shape index (κ1) is 12.3. The summed E-state index contributed by atoms with van der Waals surface area (Å²) >= 11 is 0. The fourth-order valence-electron chi connectivity index (χ4n) is 2.69. The Hall–Kier alpha value is -0.120. The molecule has 1 saturated carbocycles. The van der Waals surface area contributed by atoms with Crippen LogP contribution >= 0.6 is 0 Å². The van der Waals surface area contributed by atoms with Crippen LogP contribution in [0.25, 0.3) is 0 Å². The quantitative estimate of drug-likeness (QED) is 0.732. The third-order valence-corrected chi connectivity index (χ3v) is 3.93. The van der Waals surface area contributed by atoms with Gasteiger partial charge in [-0.2, -0.15) is 0 Å². The third-order valence-electron chi connectivity index (χ3n) is 3.93. The molecule has 0 aromatic rings. The molecule has 0 amide bonds. The van der Waals surface area contributed by atoms with Crippen LogP contribution in [0.4, 0.5) is 0 Å². The van der Waals surface area contributed by atoms with Crippen molar-refractivity contribution in [2.45, 2.75) is 45.2 Å². The van der Waals surface area contributed by atoms with Crippen LogP contribution in [0.15, 0.2) is 0 Å². The van der Waals surface area contributed by atoms with E-state index in [-0.39, 0.29) is 0 Å². The largest absolute Gasteiger partial charge is 0.313 e. The van der Waals surface area contributed by atoms with Crippen molar-refractivity contribution in [3.63, 3.8) is 0 Å². The fourth-order valence-corrected chi connectivity index (χ4v) is 2.69. The smallest absolute Gasteiger partial charge is 0.0192 e. The van der Waals surface area contributed by atoms with Crippen molar-refractivity contribution in [2.75, 3.05) is 39.3 Å². The van der Waals surface area contributed by atoms with Crippen molar-refractivity contribution in [3.8, 4) is 0 Å². The Bertz CT molecular complexity index is 195. The maximum Gasteiger partial charge on any atom is 0.0192 e. The Morgan fingerprint density at radius 1 is 1.12 bits per heavy atom. The minimum atomic E-state index is 0.692. The molecule has 1 N–H and O–H groups in total. The molecular weight excluding hydrogens is 198 g/mol. The third kappa shape index (κ3) is 3.44. The van der Waals surface area contributed by atoms with E-state index >= 15 is 0 Å². The lowest BCUT2D eigenvalue weighted by Gasteiger charge is -2.36. The van der Waals surface area contributed by atoms with E-state index < -0.39 is 0 Å². The molecule has 0 radical (unpaired) electrons. The number of hydrogen-bond donors (Lipinski definition) is 1. The van der Waals surface area contributed by atoms with Gasteiger partial charge in [0.05, 0.1) is 0 Å². The van der Waals surface area contributed by atoms with Crippen LogP contribution < -0.4 is 5.32 Å². The second-order valence-corrected chi connectivity index (χ2v) is 5.23. The number of piperazine rings is 1. The first-order valence-corrected chi connectivity index (χ1v) is 7.03. The van der Waals surface area contributed by atoms with Crippen molar-refractivity contribution >= 4 is 0 Å². The summed E-state index contributed by atoms with van der Waals surface area (Å²) in [4.78, 5) is 5.32. The molecule has 3 heteroatoms. The molecule has 2 aliphatic rings. The highest BCUT2D eigenvalue weighted by Crippen LogP contribution is 2.27. The molecule has 94 valence electrons. The Labute approximate surface area is 100 Å². The van der Waals surface area contributed by atoms with E-state index in [0.29, 0.717) is 6.04 Å². The van der Waals surface area contributed by atoms with Gasteiger partial charge in [0.25, 0.3) is 0 Å². The van der Waals surface area contributed by atoms with Gasteiger partial charge in [-0.05, 0) is 25.8 Å². The van der Waals surface area contributed by atoms with Crippen LogP contribution in [0.3, 0.4) is 0 Å². The van der Waals surface area contributed by atoms with Gasteiger partial charge in [0.1, 0.15) is 0 Å². The summed E-state index contributed by atoms with van der Waals surface area (Å²) in [6.45, 7) is 12.0. The molecule has 0 aromatic carbocycles.